The van der Waals surface area contributed by atoms with Crippen LogP contribution in [0, 0.1) is 0 Å². The zero-order valence-electron chi connectivity index (χ0n) is 9.22. The van der Waals surface area contributed by atoms with Crippen molar-refractivity contribution in [2.24, 2.45) is 0 Å². The van der Waals surface area contributed by atoms with Gasteiger partial charge in [0.2, 0.25) is 0 Å². The highest BCUT2D eigenvalue weighted by molar-refractivity contribution is 5.78. The Kier molecular flexibility index (Phi) is 2.99. The summed E-state index contributed by atoms with van der Waals surface area (Å²) in [6, 6.07) is 6.75. The number of rotatable bonds is 4. The van der Waals surface area contributed by atoms with E-state index in [2.05, 4.69) is 0 Å². The molecule has 1 aromatic rings. The molecule has 2 rings (SSSR count). The molecule has 16 heavy (non-hydrogen) atoms. The molecule has 0 saturated heterocycles. The van der Waals surface area contributed by atoms with E-state index in [0.717, 1.165) is 12.8 Å². The smallest absolute Gasteiger partial charge is 0.260 e. The first-order valence-corrected chi connectivity index (χ1v) is 5.34. The lowest BCUT2D eigenvalue weighted by Gasteiger charge is -2.16. The maximum Gasteiger partial charge on any atom is 0.260 e. The van der Waals surface area contributed by atoms with Gasteiger partial charge in [0.25, 0.3) is 5.91 Å². The lowest BCUT2D eigenvalue weighted by Crippen LogP contribution is -2.33. The van der Waals surface area contributed by atoms with Crippen molar-refractivity contribution in [2.45, 2.75) is 18.9 Å². The van der Waals surface area contributed by atoms with Crippen LogP contribution < -0.4 is 4.74 Å². The molecule has 0 radical (unpaired) electrons. The summed E-state index contributed by atoms with van der Waals surface area (Å²) in [7, 11) is 1.81. The molecule has 86 valence electrons. The maximum atomic E-state index is 11.6. The Morgan fingerprint density at radius 2 is 2.06 bits per heavy atom. The quantitative estimate of drug-likeness (QED) is 0.835. The summed E-state index contributed by atoms with van der Waals surface area (Å²) in [5, 5.41) is 9.07. The van der Waals surface area contributed by atoms with Gasteiger partial charge < -0.3 is 14.7 Å². The van der Waals surface area contributed by atoms with Gasteiger partial charge in [0.1, 0.15) is 11.5 Å². The van der Waals surface area contributed by atoms with Crippen molar-refractivity contribution in [3.8, 4) is 11.5 Å². The van der Waals surface area contributed by atoms with Gasteiger partial charge in [0, 0.05) is 13.1 Å². The van der Waals surface area contributed by atoms with E-state index in [-0.39, 0.29) is 18.3 Å². The first-order chi connectivity index (χ1) is 7.66. The fourth-order valence-corrected chi connectivity index (χ4v) is 1.45. The molecule has 4 heteroatoms. The molecule has 0 aromatic heterocycles. The normalized spacial score (nSPS) is 14.6. The van der Waals surface area contributed by atoms with Gasteiger partial charge in [-0.15, -0.1) is 0 Å². The van der Waals surface area contributed by atoms with Gasteiger partial charge in [-0.1, -0.05) is 0 Å². The molecule has 4 nitrogen and oxygen atoms in total. The van der Waals surface area contributed by atoms with Crippen LogP contribution >= 0.6 is 0 Å². The van der Waals surface area contributed by atoms with Crippen molar-refractivity contribution < 1.29 is 14.6 Å². The number of amides is 1. The Labute approximate surface area is 94.4 Å². The number of ether oxygens (including phenoxy) is 1. The van der Waals surface area contributed by atoms with Crippen molar-refractivity contribution in [1.29, 1.82) is 0 Å². The van der Waals surface area contributed by atoms with Gasteiger partial charge in [-0.2, -0.15) is 0 Å². The van der Waals surface area contributed by atoms with Crippen LogP contribution in [0.2, 0.25) is 0 Å². The van der Waals surface area contributed by atoms with Crippen LogP contribution in [0.15, 0.2) is 24.3 Å². The van der Waals surface area contributed by atoms with Crippen LogP contribution in [0.1, 0.15) is 12.8 Å². The van der Waals surface area contributed by atoms with Crippen molar-refractivity contribution in [1.82, 2.24) is 4.90 Å². The Hall–Kier alpha value is -1.71. The summed E-state index contributed by atoms with van der Waals surface area (Å²) >= 11 is 0. The van der Waals surface area contributed by atoms with Gasteiger partial charge >= 0.3 is 0 Å². The second-order valence-electron chi connectivity index (χ2n) is 4.02. The Balaban J connectivity index is 1.82. The molecule has 0 heterocycles. The lowest BCUT2D eigenvalue weighted by molar-refractivity contribution is -0.132. The molecule has 0 bridgehead atoms. The van der Waals surface area contributed by atoms with E-state index in [1.807, 2.05) is 0 Å². The molecule has 1 amide bonds. The molecule has 0 aliphatic heterocycles. The van der Waals surface area contributed by atoms with Crippen LogP contribution in [0.25, 0.3) is 0 Å². The largest absolute Gasteiger partial charge is 0.508 e. The van der Waals surface area contributed by atoms with E-state index >= 15 is 0 Å². The topological polar surface area (TPSA) is 49.8 Å². The molecule has 0 atom stereocenters. The van der Waals surface area contributed by atoms with Crippen LogP contribution in [-0.4, -0.2) is 35.6 Å². The maximum absolute atomic E-state index is 11.6. The highest BCUT2D eigenvalue weighted by Crippen LogP contribution is 2.25. The molecular weight excluding hydrogens is 206 g/mol. The molecule has 1 aromatic carbocycles. The number of hydrogen-bond acceptors (Lipinski definition) is 3. The second kappa shape index (κ2) is 4.43. The van der Waals surface area contributed by atoms with Gasteiger partial charge in [0.15, 0.2) is 6.61 Å². The first-order valence-electron chi connectivity index (χ1n) is 5.34. The molecule has 0 unspecified atom stereocenters. The van der Waals surface area contributed by atoms with Crippen molar-refractivity contribution in [3.63, 3.8) is 0 Å². The van der Waals surface area contributed by atoms with Crippen molar-refractivity contribution >= 4 is 5.91 Å². The minimum atomic E-state index is -0.00410. The number of nitrogens with zero attached hydrogens (tertiary/aromatic N) is 1. The summed E-state index contributed by atoms with van der Waals surface area (Å²) in [6.45, 7) is 0.0533. The monoisotopic (exact) mass is 221 g/mol. The standard InChI is InChI=1S/C12H15NO3/c1-13(9-2-3-9)12(15)8-16-11-6-4-10(14)5-7-11/h4-7,9,14H,2-3,8H2,1H3. The molecular formula is C12H15NO3. The van der Waals surface area contributed by atoms with Crippen LogP contribution in [-0.2, 0) is 4.79 Å². The van der Waals surface area contributed by atoms with E-state index in [1.165, 1.54) is 12.1 Å². The minimum Gasteiger partial charge on any atom is -0.508 e. The van der Waals surface area contributed by atoms with E-state index in [9.17, 15) is 4.79 Å². The third-order valence-electron chi connectivity index (χ3n) is 2.69. The SMILES string of the molecule is CN(C(=O)COc1ccc(O)cc1)C1CC1. The van der Waals surface area contributed by atoms with Gasteiger partial charge in [-0.3, -0.25) is 4.79 Å². The number of phenolic OH excluding ortho intramolecular Hbond substituents is 1. The highest BCUT2D eigenvalue weighted by Gasteiger charge is 2.29. The number of likely N-dealkylation sites (N-methyl/N-ethyl adjacent to an activating group) is 1. The zero-order chi connectivity index (χ0) is 11.5. The number of aromatic hydroxyl groups is 1. The van der Waals surface area contributed by atoms with E-state index in [1.54, 1.807) is 24.1 Å². The average Bonchev–Trinajstić information content (AvgIpc) is 3.11. The van der Waals surface area contributed by atoms with Crippen LogP contribution in [0.5, 0.6) is 11.5 Å². The number of hydrogen-bond donors (Lipinski definition) is 1. The lowest BCUT2D eigenvalue weighted by atomic mass is 10.3. The Bertz CT molecular complexity index is 370. The molecule has 1 saturated carbocycles. The van der Waals surface area contributed by atoms with Crippen molar-refractivity contribution in [2.75, 3.05) is 13.7 Å². The number of benzene rings is 1. The first kappa shape index (κ1) is 10.8. The Morgan fingerprint density at radius 3 is 2.62 bits per heavy atom. The third-order valence-corrected chi connectivity index (χ3v) is 2.69. The van der Waals surface area contributed by atoms with E-state index < -0.39 is 0 Å². The van der Waals surface area contributed by atoms with Gasteiger partial charge in [0.05, 0.1) is 0 Å². The summed E-state index contributed by atoms with van der Waals surface area (Å²) < 4.78 is 5.32. The fraction of sp³-hybridized carbons (Fsp3) is 0.417. The second-order valence-corrected chi connectivity index (χ2v) is 4.02. The fourth-order valence-electron chi connectivity index (χ4n) is 1.45. The van der Waals surface area contributed by atoms with Gasteiger partial charge in [-0.05, 0) is 37.1 Å². The van der Waals surface area contributed by atoms with Crippen LogP contribution in [0.3, 0.4) is 0 Å². The van der Waals surface area contributed by atoms with Crippen LogP contribution in [0.4, 0.5) is 0 Å². The van der Waals surface area contributed by atoms with E-state index in [0.29, 0.717) is 11.8 Å². The van der Waals surface area contributed by atoms with E-state index in [4.69, 9.17) is 9.84 Å². The average molecular weight is 221 g/mol. The molecule has 1 fully saturated rings. The zero-order valence-corrected chi connectivity index (χ0v) is 9.22. The molecule has 0 spiro atoms. The number of carbonyl (C=O) groups excluding carboxylic acids is 1. The molecule has 1 aliphatic carbocycles. The van der Waals surface area contributed by atoms with Gasteiger partial charge in [-0.25, -0.2) is 0 Å². The summed E-state index contributed by atoms with van der Waals surface area (Å²) in [4.78, 5) is 13.4. The number of carbonyl (C=O) groups is 1. The van der Waals surface area contributed by atoms with Crippen molar-refractivity contribution in [3.05, 3.63) is 24.3 Å². The summed E-state index contributed by atoms with van der Waals surface area (Å²) in [5.41, 5.74) is 0. The third kappa shape index (κ3) is 2.66. The molecule has 1 N–H and O–H groups in total. The number of phenols is 1. The minimum absolute atomic E-state index is 0.00410. The predicted molar refractivity (Wildman–Crippen MR) is 59.4 cm³/mol. The summed E-state index contributed by atoms with van der Waals surface area (Å²) in [6.07, 6.45) is 2.20. The predicted octanol–water partition coefficient (Wildman–Crippen LogP) is 1.39. The highest BCUT2D eigenvalue weighted by atomic mass is 16.5. The molecule has 1 aliphatic rings. The Morgan fingerprint density at radius 1 is 1.44 bits per heavy atom. The summed E-state index contributed by atoms with van der Waals surface area (Å²) in [5.74, 6) is 0.777.